The van der Waals surface area contributed by atoms with Crippen LogP contribution >= 0.6 is 0 Å². The summed E-state index contributed by atoms with van der Waals surface area (Å²) in [5.41, 5.74) is 5.18. The molecular formula is C38H45N7O9. The van der Waals surface area contributed by atoms with Crippen LogP contribution in [0, 0.1) is 5.92 Å². The van der Waals surface area contributed by atoms with Crippen molar-refractivity contribution in [2.75, 3.05) is 12.3 Å². The number of carbonyl (C=O) groups excluding carboxylic acids is 4. The third kappa shape index (κ3) is 9.61. The van der Waals surface area contributed by atoms with E-state index in [0.717, 1.165) is 0 Å². The Morgan fingerprint density at radius 3 is 1.93 bits per heavy atom. The summed E-state index contributed by atoms with van der Waals surface area (Å²) in [4.78, 5) is 77.0. The van der Waals surface area contributed by atoms with E-state index < -0.39 is 71.0 Å². The number of hydrogen-bond donors (Lipinski definition) is 4. The second-order valence-corrected chi connectivity index (χ2v) is 14.8. The van der Waals surface area contributed by atoms with Crippen molar-refractivity contribution in [3.8, 4) is 0 Å². The average molecular weight is 744 g/mol. The van der Waals surface area contributed by atoms with E-state index in [1.165, 1.54) is 6.33 Å². The zero-order valence-electron chi connectivity index (χ0n) is 31.0. The highest BCUT2D eigenvalue weighted by Gasteiger charge is 2.44. The highest BCUT2D eigenvalue weighted by atomic mass is 16.6. The number of ether oxygens (including phenoxy) is 4. The number of alkyl carbamates (subject to hydrolysis) is 2. The molecule has 286 valence electrons. The number of anilines is 1. The van der Waals surface area contributed by atoms with Crippen molar-refractivity contribution in [2.24, 2.45) is 5.92 Å². The summed E-state index contributed by atoms with van der Waals surface area (Å²) in [6.45, 7) is 14.1. The number of benzene rings is 2. The van der Waals surface area contributed by atoms with Crippen molar-refractivity contribution >= 4 is 41.2 Å². The van der Waals surface area contributed by atoms with E-state index in [4.69, 9.17) is 24.7 Å². The van der Waals surface area contributed by atoms with E-state index in [9.17, 15) is 24.0 Å². The molecule has 5 rings (SSSR count). The summed E-state index contributed by atoms with van der Waals surface area (Å²) in [5.74, 6) is -2.56. The van der Waals surface area contributed by atoms with E-state index in [-0.39, 0.29) is 30.1 Å². The minimum Gasteiger partial charge on any atom is -0.463 e. The lowest BCUT2D eigenvalue weighted by atomic mass is 10.0. The van der Waals surface area contributed by atoms with Gasteiger partial charge in [-0.3, -0.25) is 9.78 Å². The maximum absolute atomic E-state index is 14.0. The van der Waals surface area contributed by atoms with Crippen LogP contribution in [0.25, 0.3) is 11.2 Å². The quantitative estimate of drug-likeness (QED) is 0.0978. The molecule has 2 heterocycles. The molecule has 0 bridgehead atoms. The van der Waals surface area contributed by atoms with Gasteiger partial charge >= 0.3 is 24.1 Å². The van der Waals surface area contributed by atoms with Gasteiger partial charge in [-0.2, -0.15) is 4.98 Å². The minimum absolute atomic E-state index is 0.0324. The van der Waals surface area contributed by atoms with Gasteiger partial charge in [0.25, 0.3) is 5.56 Å². The first-order chi connectivity index (χ1) is 25.4. The topological polar surface area (TPSA) is 219 Å². The van der Waals surface area contributed by atoms with Crippen LogP contribution in [0.2, 0.25) is 0 Å². The minimum atomic E-state index is -1.27. The van der Waals surface area contributed by atoms with Crippen LogP contribution in [0.15, 0.2) is 83.9 Å². The first-order valence-corrected chi connectivity index (χ1v) is 17.3. The Hall–Kier alpha value is -6.19. The fraction of sp³-hybridized carbons (Fsp3) is 0.395. The Morgan fingerprint density at radius 1 is 0.889 bits per heavy atom. The Kier molecular flexibility index (Phi) is 11.4. The van der Waals surface area contributed by atoms with Crippen LogP contribution in [0.4, 0.5) is 15.5 Å². The number of amides is 2. The zero-order valence-corrected chi connectivity index (χ0v) is 31.0. The van der Waals surface area contributed by atoms with Gasteiger partial charge < -0.3 is 39.9 Å². The van der Waals surface area contributed by atoms with Gasteiger partial charge in [0, 0.05) is 6.42 Å². The van der Waals surface area contributed by atoms with Crippen molar-refractivity contribution in [1.29, 1.82) is 0 Å². The molecule has 5 N–H and O–H groups in total. The van der Waals surface area contributed by atoms with E-state index >= 15 is 0 Å². The number of aromatic nitrogens is 4. The number of rotatable bonds is 10. The first-order valence-electron chi connectivity index (χ1n) is 17.3. The van der Waals surface area contributed by atoms with Crippen molar-refractivity contribution in [3.63, 3.8) is 0 Å². The fourth-order valence-electron chi connectivity index (χ4n) is 6.00. The van der Waals surface area contributed by atoms with Gasteiger partial charge in [0.05, 0.1) is 18.3 Å². The molecule has 5 atom stereocenters. The molecule has 1 fully saturated rings. The maximum atomic E-state index is 14.0. The van der Waals surface area contributed by atoms with Crippen molar-refractivity contribution < 1.29 is 38.1 Å². The Balaban J connectivity index is 1.45. The molecule has 2 aromatic carbocycles. The second kappa shape index (κ2) is 15.8. The number of esters is 2. The van der Waals surface area contributed by atoms with Crippen molar-refractivity contribution in [3.05, 3.63) is 101 Å². The van der Waals surface area contributed by atoms with Gasteiger partial charge in [0.1, 0.15) is 23.9 Å². The third-order valence-corrected chi connectivity index (χ3v) is 8.33. The molecule has 2 aromatic heterocycles. The summed E-state index contributed by atoms with van der Waals surface area (Å²) >= 11 is 0. The average Bonchev–Trinajstić information content (AvgIpc) is 3.64. The smallest absolute Gasteiger partial charge is 0.408 e. The fourth-order valence-corrected chi connectivity index (χ4v) is 6.00. The third-order valence-electron chi connectivity index (χ3n) is 8.33. The van der Waals surface area contributed by atoms with Gasteiger partial charge in [-0.15, -0.1) is 0 Å². The molecule has 2 unspecified atom stereocenters. The van der Waals surface area contributed by atoms with Crippen LogP contribution in [0.5, 0.6) is 0 Å². The first kappa shape index (κ1) is 39.0. The lowest BCUT2D eigenvalue weighted by molar-refractivity contribution is -0.156. The molecule has 16 heteroatoms. The lowest BCUT2D eigenvalue weighted by Crippen LogP contribution is -2.41. The number of nitrogens with zero attached hydrogens (tertiary/aromatic N) is 3. The molecule has 16 nitrogen and oxygen atoms in total. The van der Waals surface area contributed by atoms with E-state index in [2.05, 4.69) is 32.2 Å². The van der Waals surface area contributed by atoms with E-state index in [1.54, 1.807) is 107 Å². The number of nitrogen functional groups attached to an aromatic ring is 1. The monoisotopic (exact) mass is 743 g/mol. The molecule has 0 saturated heterocycles. The number of imidazole rings is 1. The van der Waals surface area contributed by atoms with Crippen LogP contribution in [-0.2, 0) is 28.5 Å². The molecule has 0 radical (unpaired) electrons. The predicted octanol–water partition coefficient (Wildman–Crippen LogP) is 4.81. The van der Waals surface area contributed by atoms with Gasteiger partial charge in [0.2, 0.25) is 5.95 Å². The largest absolute Gasteiger partial charge is 0.463 e. The number of fused-ring (bicyclic) bond motifs is 1. The summed E-state index contributed by atoms with van der Waals surface area (Å²) in [6, 6.07) is 13.8. The van der Waals surface area contributed by atoms with E-state index in [0.29, 0.717) is 16.7 Å². The number of nitrogens with two attached hydrogens (primary N) is 1. The van der Waals surface area contributed by atoms with Crippen LogP contribution in [0.1, 0.15) is 77.2 Å². The summed E-state index contributed by atoms with van der Waals surface area (Å²) in [6.07, 6.45) is -1.14. The second-order valence-electron chi connectivity index (χ2n) is 14.8. The SMILES string of the molecule is C=C1[C@H](COC(=O)C(NC(=O)OC(C)(C)C)c2ccccc2)[C@@H](OC(=O)C(NC(=O)OC(C)(C)C)c2ccccc2)C[C@@H]1n1cnc2c(=O)[nH]c(N)nc21. The number of H-pyrrole nitrogens is 1. The molecule has 0 spiro atoms. The summed E-state index contributed by atoms with van der Waals surface area (Å²) in [5, 5.41) is 5.20. The lowest BCUT2D eigenvalue weighted by Gasteiger charge is -2.26. The summed E-state index contributed by atoms with van der Waals surface area (Å²) < 4.78 is 24.4. The predicted molar refractivity (Wildman–Crippen MR) is 197 cm³/mol. The van der Waals surface area contributed by atoms with Crippen molar-refractivity contribution in [1.82, 2.24) is 30.2 Å². The van der Waals surface area contributed by atoms with Crippen LogP contribution < -0.4 is 21.9 Å². The number of hydrogen-bond acceptors (Lipinski definition) is 12. The molecule has 1 saturated carbocycles. The Morgan fingerprint density at radius 2 is 1.41 bits per heavy atom. The molecule has 1 aliphatic carbocycles. The van der Waals surface area contributed by atoms with Crippen LogP contribution in [-0.4, -0.2) is 67.6 Å². The maximum Gasteiger partial charge on any atom is 0.408 e. The van der Waals surface area contributed by atoms with Crippen molar-refractivity contribution in [2.45, 2.75) is 83.4 Å². The summed E-state index contributed by atoms with van der Waals surface area (Å²) in [7, 11) is 0. The number of aromatic amines is 1. The Bertz CT molecular complexity index is 2070. The molecule has 1 aliphatic rings. The highest BCUT2D eigenvalue weighted by Crippen LogP contribution is 2.42. The van der Waals surface area contributed by atoms with Gasteiger partial charge in [-0.05, 0) is 58.2 Å². The molecule has 4 aromatic rings. The van der Waals surface area contributed by atoms with Gasteiger partial charge in [-0.1, -0.05) is 67.2 Å². The zero-order chi connectivity index (χ0) is 39.4. The number of carbonyl (C=O) groups is 4. The van der Waals surface area contributed by atoms with Gasteiger partial charge in [-0.25, -0.2) is 24.2 Å². The molecule has 54 heavy (non-hydrogen) atoms. The van der Waals surface area contributed by atoms with Gasteiger partial charge in [0.15, 0.2) is 23.2 Å². The molecule has 2 amide bonds. The normalized spacial score (nSPS) is 18.3. The van der Waals surface area contributed by atoms with E-state index in [1.807, 2.05) is 0 Å². The van der Waals surface area contributed by atoms with Crippen LogP contribution in [0.3, 0.4) is 0 Å². The Labute approximate surface area is 311 Å². The standard InChI is InChI=1S/C38H45N7O9/c1-21-24(19-51-32(47)27(22-14-10-8-11-15-22)41-35(49)53-37(2,3)4)26(18-25(21)45-20-40-29-30(45)43-34(39)44-31(29)46)52-33(48)28(23-16-12-9-13-17-23)42-36(50)54-38(5,6)7/h8-17,20,24-28H,1,18-19H2,2-7H3,(H,41,49)(H,42,50)(H3,39,43,44,46)/t24-,25-,26-,27?,28?/m0/s1. The molecule has 0 aliphatic heterocycles. The highest BCUT2D eigenvalue weighted by molar-refractivity contribution is 5.84. The number of nitrogens with one attached hydrogen (secondary N) is 3. The molecular weight excluding hydrogens is 698 g/mol.